The highest BCUT2D eigenvalue weighted by molar-refractivity contribution is 5.48. The molecule has 2 aromatic carbocycles. The maximum Gasteiger partial charge on any atom is 0.121 e. The number of hydrogen-bond donors (Lipinski definition) is 1. The van der Waals surface area contributed by atoms with E-state index in [9.17, 15) is 0 Å². The maximum atomic E-state index is 5.85. The Balaban J connectivity index is 1.40. The van der Waals surface area contributed by atoms with Gasteiger partial charge >= 0.3 is 0 Å². The summed E-state index contributed by atoms with van der Waals surface area (Å²) in [4.78, 5) is 0. The van der Waals surface area contributed by atoms with Crippen LogP contribution in [0.4, 0.5) is 5.69 Å². The van der Waals surface area contributed by atoms with Crippen molar-refractivity contribution in [1.82, 2.24) is 0 Å². The SMILES string of the molecule is CC(C)(C)c1ccc(OCCNc2cccc(OCC3CCCO3)c2)cc1. The molecule has 0 aliphatic carbocycles. The van der Waals surface area contributed by atoms with Crippen molar-refractivity contribution < 1.29 is 14.2 Å². The fraction of sp³-hybridized carbons (Fsp3) is 0.478. The summed E-state index contributed by atoms with van der Waals surface area (Å²) >= 11 is 0. The lowest BCUT2D eigenvalue weighted by atomic mass is 9.87. The zero-order chi connectivity index (χ0) is 19.1. The second-order valence-corrected chi connectivity index (χ2v) is 8.02. The van der Waals surface area contributed by atoms with Crippen molar-refractivity contribution in [1.29, 1.82) is 0 Å². The number of anilines is 1. The molecule has 1 aliphatic heterocycles. The van der Waals surface area contributed by atoms with Gasteiger partial charge in [0.1, 0.15) is 24.7 Å². The molecule has 1 aliphatic rings. The third kappa shape index (κ3) is 6.17. The van der Waals surface area contributed by atoms with Gasteiger partial charge in [-0.05, 0) is 48.1 Å². The second kappa shape index (κ2) is 9.14. The Morgan fingerprint density at radius 3 is 2.56 bits per heavy atom. The molecule has 1 heterocycles. The molecule has 1 fully saturated rings. The first-order chi connectivity index (χ1) is 13.0. The van der Waals surface area contributed by atoms with Gasteiger partial charge in [-0.15, -0.1) is 0 Å². The van der Waals surface area contributed by atoms with E-state index in [1.54, 1.807) is 0 Å². The molecule has 0 saturated carbocycles. The predicted octanol–water partition coefficient (Wildman–Crippen LogP) is 5.03. The van der Waals surface area contributed by atoms with Crippen molar-refractivity contribution in [2.75, 3.05) is 31.7 Å². The molecule has 1 saturated heterocycles. The zero-order valence-corrected chi connectivity index (χ0v) is 16.7. The van der Waals surface area contributed by atoms with Crippen LogP contribution in [0.1, 0.15) is 39.2 Å². The Morgan fingerprint density at radius 2 is 1.85 bits per heavy atom. The average molecular weight is 370 g/mol. The third-order valence-electron chi connectivity index (χ3n) is 4.71. The van der Waals surface area contributed by atoms with Gasteiger partial charge in [-0.25, -0.2) is 0 Å². The Kier molecular flexibility index (Phi) is 6.62. The van der Waals surface area contributed by atoms with Gasteiger partial charge in [-0.3, -0.25) is 0 Å². The van der Waals surface area contributed by atoms with Crippen molar-refractivity contribution >= 4 is 5.69 Å². The Hall–Kier alpha value is -2.20. The Morgan fingerprint density at radius 1 is 1.04 bits per heavy atom. The van der Waals surface area contributed by atoms with Crippen LogP contribution in [0.15, 0.2) is 48.5 Å². The van der Waals surface area contributed by atoms with Crippen LogP contribution in [-0.4, -0.2) is 32.5 Å². The average Bonchev–Trinajstić information content (AvgIpc) is 3.17. The van der Waals surface area contributed by atoms with Crippen LogP contribution in [-0.2, 0) is 10.2 Å². The lowest BCUT2D eigenvalue weighted by Gasteiger charge is -2.19. The summed E-state index contributed by atoms with van der Waals surface area (Å²) < 4.78 is 17.3. The summed E-state index contributed by atoms with van der Waals surface area (Å²) in [5, 5.41) is 3.38. The molecule has 146 valence electrons. The monoisotopic (exact) mass is 369 g/mol. The van der Waals surface area contributed by atoms with Gasteiger partial charge in [-0.2, -0.15) is 0 Å². The van der Waals surface area contributed by atoms with Gasteiger partial charge in [0, 0.05) is 24.9 Å². The molecule has 27 heavy (non-hydrogen) atoms. The maximum absolute atomic E-state index is 5.85. The molecule has 0 radical (unpaired) electrons. The van der Waals surface area contributed by atoms with Gasteiger partial charge < -0.3 is 19.5 Å². The predicted molar refractivity (Wildman–Crippen MR) is 110 cm³/mol. The number of nitrogens with one attached hydrogen (secondary N) is 1. The van der Waals surface area contributed by atoms with Crippen LogP contribution in [0, 0.1) is 0 Å². The number of hydrogen-bond acceptors (Lipinski definition) is 4. The van der Waals surface area contributed by atoms with Gasteiger partial charge in [0.25, 0.3) is 0 Å². The van der Waals surface area contributed by atoms with Crippen molar-refractivity contribution in [3.05, 3.63) is 54.1 Å². The summed E-state index contributed by atoms with van der Waals surface area (Å²) in [6.45, 7) is 9.46. The number of ether oxygens (including phenoxy) is 3. The zero-order valence-electron chi connectivity index (χ0n) is 16.7. The highest BCUT2D eigenvalue weighted by atomic mass is 16.5. The smallest absolute Gasteiger partial charge is 0.121 e. The Labute approximate surface area is 162 Å². The molecule has 3 rings (SSSR count). The van der Waals surface area contributed by atoms with E-state index < -0.39 is 0 Å². The lowest BCUT2D eigenvalue weighted by Crippen LogP contribution is -2.16. The van der Waals surface area contributed by atoms with Gasteiger partial charge in [-0.1, -0.05) is 39.0 Å². The first-order valence-electron chi connectivity index (χ1n) is 9.82. The summed E-state index contributed by atoms with van der Waals surface area (Å²) in [6.07, 6.45) is 2.46. The van der Waals surface area contributed by atoms with E-state index in [2.05, 4.69) is 38.2 Å². The topological polar surface area (TPSA) is 39.7 Å². The van der Waals surface area contributed by atoms with Crippen molar-refractivity contribution in [3.8, 4) is 11.5 Å². The van der Waals surface area contributed by atoms with E-state index in [-0.39, 0.29) is 11.5 Å². The second-order valence-electron chi connectivity index (χ2n) is 8.02. The van der Waals surface area contributed by atoms with Gasteiger partial charge in [0.05, 0.1) is 6.10 Å². The van der Waals surface area contributed by atoms with E-state index in [0.717, 1.165) is 43.2 Å². The van der Waals surface area contributed by atoms with E-state index in [1.807, 2.05) is 36.4 Å². The summed E-state index contributed by atoms with van der Waals surface area (Å²) in [5.41, 5.74) is 2.51. The minimum absolute atomic E-state index is 0.164. The van der Waals surface area contributed by atoms with Crippen molar-refractivity contribution in [2.45, 2.75) is 45.1 Å². The van der Waals surface area contributed by atoms with E-state index in [0.29, 0.717) is 13.2 Å². The standard InChI is InChI=1S/C23H31NO3/c1-23(2,3)18-9-11-20(12-10-18)26-15-13-24-19-6-4-7-21(16-19)27-17-22-8-5-14-25-22/h4,6-7,9-12,16,22,24H,5,8,13-15,17H2,1-3H3. The molecule has 4 nitrogen and oxygen atoms in total. The molecule has 1 unspecified atom stereocenters. The van der Waals surface area contributed by atoms with Crippen LogP contribution >= 0.6 is 0 Å². The molecular formula is C23H31NO3. The molecular weight excluding hydrogens is 338 g/mol. The van der Waals surface area contributed by atoms with Crippen LogP contribution in [0.2, 0.25) is 0 Å². The summed E-state index contributed by atoms with van der Waals surface area (Å²) in [6, 6.07) is 16.4. The Bertz CT molecular complexity index is 700. The third-order valence-corrected chi connectivity index (χ3v) is 4.71. The largest absolute Gasteiger partial charge is 0.492 e. The highest BCUT2D eigenvalue weighted by Crippen LogP contribution is 2.24. The molecule has 0 bridgehead atoms. The molecule has 1 N–H and O–H groups in total. The fourth-order valence-electron chi connectivity index (χ4n) is 3.08. The van der Waals surface area contributed by atoms with E-state index >= 15 is 0 Å². The van der Waals surface area contributed by atoms with Gasteiger partial charge in [0.15, 0.2) is 0 Å². The van der Waals surface area contributed by atoms with Crippen LogP contribution in [0.25, 0.3) is 0 Å². The first-order valence-corrected chi connectivity index (χ1v) is 9.82. The number of benzene rings is 2. The summed E-state index contributed by atoms with van der Waals surface area (Å²) in [7, 11) is 0. The molecule has 4 heteroatoms. The van der Waals surface area contributed by atoms with Crippen LogP contribution < -0.4 is 14.8 Å². The van der Waals surface area contributed by atoms with Gasteiger partial charge in [0.2, 0.25) is 0 Å². The van der Waals surface area contributed by atoms with E-state index in [1.165, 1.54) is 5.56 Å². The normalized spacial score (nSPS) is 16.9. The lowest BCUT2D eigenvalue weighted by molar-refractivity contribution is 0.0680. The van der Waals surface area contributed by atoms with Crippen molar-refractivity contribution in [3.63, 3.8) is 0 Å². The molecule has 0 spiro atoms. The number of rotatable bonds is 8. The van der Waals surface area contributed by atoms with Crippen LogP contribution in [0.5, 0.6) is 11.5 Å². The minimum Gasteiger partial charge on any atom is -0.492 e. The molecule has 0 amide bonds. The molecule has 1 atom stereocenters. The van der Waals surface area contributed by atoms with Crippen LogP contribution in [0.3, 0.4) is 0 Å². The minimum atomic E-state index is 0.164. The molecule has 2 aromatic rings. The quantitative estimate of drug-likeness (QED) is 0.662. The highest BCUT2D eigenvalue weighted by Gasteiger charge is 2.16. The first kappa shape index (κ1) is 19.6. The van der Waals surface area contributed by atoms with Crippen molar-refractivity contribution in [2.24, 2.45) is 0 Å². The van der Waals surface area contributed by atoms with E-state index in [4.69, 9.17) is 14.2 Å². The molecule has 0 aromatic heterocycles. The summed E-state index contributed by atoms with van der Waals surface area (Å²) in [5.74, 6) is 1.77. The fourth-order valence-corrected chi connectivity index (χ4v) is 3.08.